The fourth-order valence-electron chi connectivity index (χ4n) is 1.79. The maximum absolute atomic E-state index is 12.9. The molecule has 0 saturated heterocycles. The van der Waals surface area contributed by atoms with E-state index in [1.807, 2.05) is 31.2 Å². The van der Waals surface area contributed by atoms with Crippen LogP contribution in [-0.2, 0) is 6.42 Å². The zero-order valence-corrected chi connectivity index (χ0v) is 10.7. The molecule has 0 amide bonds. The van der Waals surface area contributed by atoms with Crippen LogP contribution in [0.1, 0.15) is 21.5 Å². The van der Waals surface area contributed by atoms with Gasteiger partial charge in [-0.3, -0.25) is 4.79 Å². The maximum atomic E-state index is 12.9. The van der Waals surface area contributed by atoms with E-state index in [4.69, 9.17) is 11.6 Å². The van der Waals surface area contributed by atoms with Crippen molar-refractivity contribution in [2.75, 3.05) is 0 Å². The summed E-state index contributed by atoms with van der Waals surface area (Å²) in [5, 5.41) is 0.161. The van der Waals surface area contributed by atoms with Crippen molar-refractivity contribution in [2.24, 2.45) is 0 Å². The second kappa shape index (κ2) is 5.32. The topological polar surface area (TPSA) is 17.1 Å². The molecule has 2 aromatic rings. The molecule has 1 nitrogen and oxygen atoms in total. The summed E-state index contributed by atoms with van der Waals surface area (Å²) in [6, 6.07) is 11.5. The molecule has 0 spiro atoms. The Bertz CT molecular complexity index is 593. The Balaban J connectivity index is 2.25. The van der Waals surface area contributed by atoms with Gasteiger partial charge in [-0.05, 0) is 36.2 Å². The SMILES string of the molecule is Cc1ccccc1CC(=O)c1ccc(F)cc1Cl. The monoisotopic (exact) mass is 262 g/mol. The van der Waals surface area contributed by atoms with Gasteiger partial charge in [-0.1, -0.05) is 35.9 Å². The highest BCUT2D eigenvalue weighted by Gasteiger charge is 2.12. The van der Waals surface area contributed by atoms with E-state index in [0.29, 0.717) is 5.56 Å². The molecule has 3 heteroatoms. The first-order valence-electron chi connectivity index (χ1n) is 5.60. The predicted molar refractivity (Wildman–Crippen MR) is 70.6 cm³/mol. The van der Waals surface area contributed by atoms with Crippen molar-refractivity contribution < 1.29 is 9.18 Å². The summed E-state index contributed by atoms with van der Waals surface area (Å²) in [7, 11) is 0. The van der Waals surface area contributed by atoms with Crippen LogP contribution in [0.2, 0.25) is 5.02 Å². The van der Waals surface area contributed by atoms with Crippen LogP contribution in [0.4, 0.5) is 4.39 Å². The van der Waals surface area contributed by atoms with E-state index in [2.05, 4.69) is 0 Å². The number of benzene rings is 2. The molecule has 0 aliphatic heterocycles. The largest absolute Gasteiger partial charge is 0.294 e. The van der Waals surface area contributed by atoms with E-state index < -0.39 is 5.82 Å². The van der Waals surface area contributed by atoms with Gasteiger partial charge in [0, 0.05) is 12.0 Å². The van der Waals surface area contributed by atoms with Gasteiger partial charge in [0.15, 0.2) is 5.78 Å². The van der Waals surface area contributed by atoms with E-state index in [1.165, 1.54) is 12.1 Å². The third kappa shape index (κ3) is 2.77. The second-order valence-electron chi connectivity index (χ2n) is 4.15. The zero-order chi connectivity index (χ0) is 13.1. The van der Waals surface area contributed by atoms with E-state index in [1.54, 1.807) is 0 Å². The van der Waals surface area contributed by atoms with Gasteiger partial charge in [-0.2, -0.15) is 0 Å². The maximum Gasteiger partial charge on any atom is 0.168 e. The lowest BCUT2D eigenvalue weighted by atomic mass is 9.99. The summed E-state index contributed by atoms with van der Waals surface area (Å²) in [5.41, 5.74) is 2.38. The number of carbonyl (C=O) groups excluding carboxylic acids is 1. The van der Waals surface area contributed by atoms with Gasteiger partial charge in [0.2, 0.25) is 0 Å². The van der Waals surface area contributed by atoms with E-state index >= 15 is 0 Å². The molecule has 0 aliphatic rings. The first-order chi connectivity index (χ1) is 8.58. The van der Waals surface area contributed by atoms with Crippen LogP contribution in [0.5, 0.6) is 0 Å². The Hall–Kier alpha value is -1.67. The molecule has 92 valence electrons. The molecule has 0 aliphatic carbocycles. The molecule has 0 atom stereocenters. The van der Waals surface area contributed by atoms with E-state index in [9.17, 15) is 9.18 Å². The van der Waals surface area contributed by atoms with Crippen molar-refractivity contribution in [3.63, 3.8) is 0 Å². The quantitative estimate of drug-likeness (QED) is 0.757. The third-order valence-electron chi connectivity index (χ3n) is 2.84. The summed E-state index contributed by atoms with van der Waals surface area (Å²) in [6.07, 6.45) is 0.276. The zero-order valence-electron chi connectivity index (χ0n) is 9.91. The van der Waals surface area contributed by atoms with Crippen LogP contribution >= 0.6 is 11.6 Å². The van der Waals surface area contributed by atoms with Gasteiger partial charge >= 0.3 is 0 Å². The Morgan fingerprint density at radius 2 is 1.94 bits per heavy atom. The Kier molecular flexibility index (Phi) is 3.78. The molecule has 18 heavy (non-hydrogen) atoms. The molecule has 0 unspecified atom stereocenters. The van der Waals surface area contributed by atoms with E-state index in [0.717, 1.165) is 17.2 Å². The summed E-state index contributed by atoms with van der Waals surface area (Å²) < 4.78 is 12.9. The van der Waals surface area contributed by atoms with Crippen LogP contribution in [0.25, 0.3) is 0 Å². The fourth-order valence-corrected chi connectivity index (χ4v) is 2.06. The lowest BCUT2D eigenvalue weighted by Crippen LogP contribution is -2.05. The molecule has 2 aromatic carbocycles. The average molecular weight is 263 g/mol. The van der Waals surface area contributed by atoms with Gasteiger partial charge in [-0.25, -0.2) is 4.39 Å². The molecular weight excluding hydrogens is 251 g/mol. The number of ketones is 1. The highest BCUT2D eigenvalue weighted by molar-refractivity contribution is 6.34. The van der Waals surface area contributed by atoms with Crippen LogP contribution < -0.4 is 0 Å². The minimum absolute atomic E-state index is 0.102. The van der Waals surface area contributed by atoms with Crippen LogP contribution in [-0.4, -0.2) is 5.78 Å². The summed E-state index contributed by atoms with van der Waals surface area (Å²) in [6.45, 7) is 1.95. The third-order valence-corrected chi connectivity index (χ3v) is 3.16. The molecule has 0 heterocycles. The average Bonchev–Trinajstić information content (AvgIpc) is 2.32. The first-order valence-corrected chi connectivity index (χ1v) is 5.98. The second-order valence-corrected chi connectivity index (χ2v) is 4.56. The minimum Gasteiger partial charge on any atom is -0.294 e. The van der Waals surface area contributed by atoms with Gasteiger partial charge < -0.3 is 0 Å². The highest BCUT2D eigenvalue weighted by Crippen LogP contribution is 2.20. The van der Waals surface area contributed by atoms with Gasteiger partial charge in [-0.15, -0.1) is 0 Å². The number of halogens is 2. The lowest BCUT2D eigenvalue weighted by molar-refractivity contribution is 0.0993. The van der Waals surface area contributed by atoms with E-state index in [-0.39, 0.29) is 17.2 Å². The minimum atomic E-state index is -0.438. The summed E-state index contributed by atoms with van der Waals surface area (Å²) in [5.74, 6) is -0.540. The van der Waals surface area contributed by atoms with Crippen molar-refractivity contribution in [2.45, 2.75) is 13.3 Å². The number of Topliss-reactive ketones (excluding diaryl/α,β-unsaturated/α-hetero) is 1. The van der Waals surface area contributed by atoms with Crippen LogP contribution in [0.3, 0.4) is 0 Å². The molecule has 0 fully saturated rings. The summed E-state index contributed by atoms with van der Waals surface area (Å²) >= 11 is 5.87. The smallest absolute Gasteiger partial charge is 0.168 e. The van der Waals surface area contributed by atoms with Crippen molar-refractivity contribution in [3.8, 4) is 0 Å². The number of aryl methyl sites for hydroxylation is 1. The molecule has 0 radical (unpaired) electrons. The molecule has 0 bridgehead atoms. The first kappa shape index (κ1) is 12.8. The van der Waals surface area contributed by atoms with Crippen molar-refractivity contribution in [3.05, 3.63) is 70.0 Å². The number of hydrogen-bond acceptors (Lipinski definition) is 1. The van der Waals surface area contributed by atoms with Crippen LogP contribution in [0, 0.1) is 12.7 Å². The molecule has 0 aromatic heterocycles. The highest BCUT2D eigenvalue weighted by atomic mass is 35.5. The lowest BCUT2D eigenvalue weighted by Gasteiger charge is -2.06. The number of rotatable bonds is 3. The number of hydrogen-bond donors (Lipinski definition) is 0. The van der Waals surface area contributed by atoms with Gasteiger partial charge in [0.05, 0.1) is 5.02 Å². The predicted octanol–water partition coefficient (Wildman–Crippen LogP) is 4.21. The molecule has 0 saturated carbocycles. The molecule has 2 rings (SSSR count). The Morgan fingerprint density at radius 3 is 2.61 bits per heavy atom. The number of carbonyl (C=O) groups is 1. The Morgan fingerprint density at radius 1 is 1.22 bits per heavy atom. The fraction of sp³-hybridized carbons (Fsp3) is 0.133. The van der Waals surface area contributed by atoms with Crippen molar-refractivity contribution in [1.82, 2.24) is 0 Å². The van der Waals surface area contributed by atoms with Crippen molar-refractivity contribution >= 4 is 17.4 Å². The molecule has 0 N–H and O–H groups in total. The Labute approximate surface area is 110 Å². The summed E-state index contributed by atoms with van der Waals surface area (Å²) in [4.78, 5) is 12.1. The van der Waals surface area contributed by atoms with Gasteiger partial charge in [0.25, 0.3) is 0 Å². The van der Waals surface area contributed by atoms with Crippen LogP contribution in [0.15, 0.2) is 42.5 Å². The standard InChI is InChI=1S/C15H12ClFO/c1-10-4-2-3-5-11(10)8-15(18)13-7-6-12(17)9-14(13)16/h2-7,9H,8H2,1H3. The normalized spacial score (nSPS) is 10.4. The van der Waals surface area contributed by atoms with Crippen molar-refractivity contribution in [1.29, 1.82) is 0 Å². The van der Waals surface area contributed by atoms with Gasteiger partial charge in [0.1, 0.15) is 5.82 Å². The molecular formula is C15H12ClFO.